The summed E-state index contributed by atoms with van der Waals surface area (Å²) >= 11 is 0. The van der Waals surface area contributed by atoms with Gasteiger partial charge in [-0.25, -0.2) is 13.1 Å². The fourth-order valence-electron chi connectivity index (χ4n) is 1.69. The van der Waals surface area contributed by atoms with Crippen molar-refractivity contribution in [3.05, 3.63) is 28.3 Å². The molecule has 8 nitrogen and oxygen atoms in total. The number of sulfonamides is 1. The Morgan fingerprint density at radius 1 is 1.43 bits per heavy atom. The lowest BCUT2D eigenvalue weighted by atomic mass is 10.3. The molecule has 0 bridgehead atoms. The summed E-state index contributed by atoms with van der Waals surface area (Å²) in [4.78, 5) is 9.95. The summed E-state index contributed by atoms with van der Waals surface area (Å²) in [5.74, 6) is 0. The molecule has 1 rings (SSSR count). The summed E-state index contributed by atoms with van der Waals surface area (Å²) in [6.07, 6.45) is -0.319. The van der Waals surface area contributed by atoms with Gasteiger partial charge in [-0.15, -0.1) is 0 Å². The second-order valence-electron chi connectivity index (χ2n) is 4.31. The lowest BCUT2D eigenvalue weighted by Gasteiger charge is -2.13. The summed E-state index contributed by atoms with van der Waals surface area (Å²) in [6, 6.07) is 3.85. The molecule has 21 heavy (non-hydrogen) atoms. The first-order valence-corrected chi connectivity index (χ1v) is 7.87. The number of anilines is 1. The van der Waals surface area contributed by atoms with Gasteiger partial charge < -0.3 is 10.1 Å². The highest BCUT2D eigenvalue weighted by Crippen LogP contribution is 2.26. The van der Waals surface area contributed by atoms with Gasteiger partial charge in [0.1, 0.15) is 0 Å². The summed E-state index contributed by atoms with van der Waals surface area (Å²) in [5, 5.41) is 13.8. The number of hydrogen-bond donors (Lipinski definition) is 2. The number of nitro groups is 1. The number of nitrogens with zero attached hydrogens (tertiary/aromatic N) is 1. The second kappa shape index (κ2) is 7.34. The molecule has 1 aromatic rings. The molecule has 0 heterocycles. The quantitative estimate of drug-likeness (QED) is 0.553. The van der Waals surface area contributed by atoms with Crippen LogP contribution in [-0.2, 0) is 14.8 Å². The lowest BCUT2D eigenvalue weighted by Crippen LogP contribution is -2.32. The van der Waals surface area contributed by atoms with Gasteiger partial charge in [0.05, 0.1) is 11.0 Å². The highest BCUT2D eigenvalue weighted by Gasteiger charge is 2.26. The third-order valence-corrected chi connectivity index (χ3v) is 4.22. The van der Waals surface area contributed by atoms with Gasteiger partial charge in [0.25, 0.3) is 5.69 Å². The fraction of sp³-hybridized carbons (Fsp3) is 0.500. The Morgan fingerprint density at radius 2 is 2.10 bits per heavy atom. The fourth-order valence-corrected chi connectivity index (χ4v) is 2.96. The highest BCUT2D eigenvalue weighted by molar-refractivity contribution is 7.89. The van der Waals surface area contributed by atoms with Crippen LogP contribution < -0.4 is 10.0 Å². The molecule has 0 saturated carbocycles. The molecule has 1 atom stereocenters. The van der Waals surface area contributed by atoms with Crippen LogP contribution in [0.4, 0.5) is 11.4 Å². The van der Waals surface area contributed by atoms with E-state index in [2.05, 4.69) is 10.0 Å². The molecular formula is C12H19N3O5S. The molecule has 0 aliphatic carbocycles. The van der Waals surface area contributed by atoms with Crippen molar-refractivity contribution in [1.29, 1.82) is 0 Å². The van der Waals surface area contributed by atoms with Crippen LogP contribution in [0.1, 0.15) is 13.8 Å². The van der Waals surface area contributed by atoms with E-state index in [4.69, 9.17) is 4.74 Å². The van der Waals surface area contributed by atoms with E-state index in [0.717, 1.165) is 0 Å². The molecule has 9 heteroatoms. The van der Waals surface area contributed by atoms with Crippen molar-refractivity contribution in [3.8, 4) is 0 Å². The van der Waals surface area contributed by atoms with Crippen LogP contribution in [0.2, 0.25) is 0 Å². The summed E-state index contributed by atoms with van der Waals surface area (Å²) < 4.78 is 31.9. The van der Waals surface area contributed by atoms with Gasteiger partial charge in [0, 0.05) is 32.0 Å². The standard InChI is InChI=1S/C12H19N3O5S/c1-4-20-9(2)8-14-21(18,19)12-6-5-10(13-3)7-11(12)15(16)17/h5-7,9,13-14H,4,8H2,1-3H3. The highest BCUT2D eigenvalue weighted by atomic mass is 32.2. The molecule has 0 amide bonds. The zero-order valence-electron chi connectivity index (χ0n) is 12.1. The first-order valence-electron chi connectivity index (χ1n) is 6.39. The Kier molecular flexibility index (Phi) is 6.06. The van der Waals surface area contributed by atoms with Gasteiger partial charge in [-0.3, -0.25) is 10.1 Å². The molecule has 0 radical (unpaired) electrons. The van der Waals surface area contributed by atoms with E-state index in [9.17, 15) is 18.5 Å². The van der Waals surface area contributed by atoms with Crippen LogP contribution >= 0.6 is 0 Å². The van der Waals surface area contributed by atoms with Crippen LogP contribution in [0.15, 0.2) is 23.1 Å². The normalized spacial score (nSPS) is 12.9. The smallest absolute Gasteiger partial charge is 0.291 e. The van der Waals surface area contributed by atoms with E-state index >= 15 is 0 Å². The Balaban J connectivity index is 3.05. The molecule has 0 fully saturated rings. The van der Waals surface area contributed by atoms with E-state index in [1.807, 2.05) is 0 Å². The minimum atomic E-state index is -3.97. The van der Waals surface area contributed by atoms with Crippen LogP contribution in [0.25, 0.3) is 0 Å². The number of nitrogens with one attached hydrogen (secondary N) is 2. The average molecular weight is 317 g/mol. The number of nitro benzene ring substituents is 1. The molecule has 0 aliphatic heterocycles. The minimum absolute atomic E-state index is 0.0428. The van der Waals surface area contributed by atoms with Crippen molar-refractivity contribution < 1.29 is 18.1 Å². The largest absolute Gasteiger partial charge is 0.388 e. The summed E-state index contributed by atoms with van der Waals surface area (Å²) in [5.41, 5.74) is -0.0123. The predicted octanol–water partition coefficient (Wildman–Crippen LogP) is 1.34. The maximum atomic E-state index is 12.2. The SMILES string of the molecule is CCOC(C)CNS(=O)(=O)c1ccc(NC)cc1[N+](=O)[O-]. The van der Waals surface area contributed by atoms with Crippen LogP contribution in [0.3, 0.4) is 0 Å². The topological polar surface area (TPSA) is 111 Å². The van der Waals surface area contributed by atoms with Gasteiger partial charge in [0.15, 0.2) is 4.90 Å². The molecule has 1 unspecified atom stereocenters. The molecule has 0 saturated heterocycles. The number of hydrogen-bond acceptors (Lipinski definition) is 6. The van der Waals surface area contributed by atoms with Crippen molar-refractivity contribution in [1.82, 2.24) is 4.72 Å². The number of benzene rings is 1. The number of ether oxygens (including phenoxy) is 1. The molecule has 1 aromatic carbocycles. The van der Waals surface area contributed by atoms with Crippen molar-refractivity contribution in [2.75, 3.05) is 25.5 Å². The van der Waals surface area contributed by atoms with Gasteiger partial charge in [0.2, 0.25) is 10.0 Å². The summed E-state index contributed by atoms with van der Waals surface area (Å²) in [7, 11) is -2.38. The predicted molar refractivity (Wildman–Crippen MR) is 78.9 cm³/mol. The van der Waals surface area contributed by atoms with Gasteiger partial charge in [-0.2, -0.15) is 0 Å². The Morgan fingerprint density at radius 3 is 2.62 bits per heavy atom. The Labute approximate surface area is 123 Å². The molecule has 0 aliphatic rings. The minimum Gasteiger partial charge on any atom is -0.388 e. The maximum absolute atomic E-state index is 12.2. The van der Waals surface area contributed by atoms with E-state index in [1.54, 1.807) is 20.9 Å². The molecule has 118 valence electrons. The Bertz CT molecular complexity index is 603. The van der Waals surface area contributed by atoms with Gasteiger partial charge in [-0.05, 0) is 26.0 Å². The van der Waals surface area contributed by atoms with Crippen LogP contribution in [-0.4, -0.2) is 39.6 Å². The van der Waals surface area contributed by atoms with Crippen LogP contribution in [0.5, 0.6) is 0 Å². The van der Waals surface area contributed by atoms with Crippen molar-refractivity contribution >= 4 is 21.4 Å². The Hall–Kier alpha value is -1.71. The summed E-state index contributed by atoms with van der Waals surface area (Å²) in [6.45, 7) is 4.01. The van der Waals surface area contributed by atoms with E-state index in [0.29, 0.717) is 12.3 Å². The van der Waals surface area contributed by atoms with E-state index < -0.39 is 20.6 Å². The van der Waals surface area contributed by atoms with Crippen molar-refractivity contribution in [3.63, 3.8) is 0 Å². The molecule has 2 N–H and O–H groups in total. The third-order valence-electron chi connectivity index (χ3n) is 2.75. The first-order chi connectivity index (χ1) is 9.81. The average Bonchev–Trinajstić information content (AvgIpc) is 2.45. The monoisotopic (exact) mass is 317 g/mol. The molecule has 0 aromatic heterocycles. The molecule has 0 spiro atoms. The van der Waals surface area contributed by atoms with Crippen molar-refractivity contribution in [2.24, 2.45) is 0 Å². The molecular weight excluding hydrogens is 298 g/mol. The third kappa shape index (κ3) is 4.66. The zero-order chi connectivity index (χ0) is 16.0. The maximum Gasteiger partial charge on any atom is 0.291 e. The van der Waals surface area contributed by atoms with Gasteiger partial charge >= 0.3 is 0 Å². The van der Waals surface area contributed by atoms with Crippen molar-refractivity contribution in [2.45, 2.75) is 24.8 Å². The van der Waals surface area contributed by atoms with Crippen LogP contribution in [0, 0.1) is 10.1 Å². The number of rotatable bonds is 8. The second-order valence-corrected chi connectivity index (χ2v) is 6.04. The van der Waals surface area contributed by atoms with E-state index in [-0.39, 0.29) is 17.5 Å². The first kappa shape index (κ1) is 17.3. The van der Waals surface area contributed by atoms with Gasteiger partial charge in [-0.1, -0.05) is 0 Å². The zero-order valence-corrected chi connectivity index (χ0v) is 12.9. The lowest BCUT2D eigenvalue weighted by molar-refractivity contribution is -0.387. The van der Waals surface area contributed by atoms with E-state index in [1.165, 1.54) is 18.2 Å².